The van der Waals surface area contributed by atoms with Crippen molar-refractivity contribution in [2.75, 3.05) is 0 Å². The highest BCUT2D eigenvalue weighted by Crippen LogP contribution is 2.25. The predicted molar refractivity (Wildman–Crippen MR) is 63.3 cm³/mol. The van der Waals surface area contributed by atoms with Crippen LogP contribution in [0, 0.1) is 0 Å². The molecule has 6 heteroatoms. The van der Waals surface area contributed by atoms with Gasteiger partial charge < -0.3 is 4.42 Å². The first-order valence-electron chi connectivity index (χ1n) is 4.80. The minimum Gasteiger partial charge on any atom is -0.408 e. The maximum atomic E-state index is 11.0. The van der Waals surface area contributed by atoms with Crippen LogP contribution in [0.2, 0.25) is 0 Å². The summed E-state index contributed by atoms with van der Waals surface area (Å²) in [5, 5.41) is 2.40. The smallest absolute Gasteiger partial charge is 0.408 e. The third kappa shape index (κ3) is 1.68. The number of aromatic nitrogens is 2. The first-order chi connectivity index (χ1) is 8.26. The molecule has 0 aliphatic carbocycles. The Balaban J connectivity index is 2.16. The molecule has 17 heavy (non-hydrogen) atoms. The summed E-state index contributed by atoms with van der Waals surface area (Å²) in [6.45, 7) is 0. The zero-order valence-electron chi connectivity index (χ0n) is 8.47. The Labute approximate surface area is 98.7 Å². The Morgan fingerprint density at radius 3 is 3.06 bits per heavy atom. The average molecular weight is 246 g/mol. The van der Waals surface area contributed by atoms with E-state index in [4.69, 9.17) is 4.42 Å². The van der Waals surface area contributed by atoms with Crippen LogP contribution in [0.3, 0.4) is 0 Å². The fourth-order valence-corrected chi connectivity index (χ4v) is 2.31. The summed E-state index contributed by atoms with van der Waals surface area (Å²) < 4.78 is 4.96. The summed E-state index contributed by atoms with van der Waals surface area (Å²) in [4.78, 5) is 28.2. The molecule has 0 radical (unpaired) electrons. The van der Waals surface area contributed by atoms with E-state index >= 15 is 0 Å². The quantitative estimate of drug-likeness (QED) is 0.702. The lowest BCUT2D eigenvalue weighted by Crippen LogP contribution is -1.92. The van der Waals surface area contributed by atoms with Crippen molar-refractivity contribution < 1.29 is 9.21 Å². The largest absolute Gasteiger partial charge is 0.417 e. The third-order valence-corrected chi connectivity index (χ3v) is 3.22. The van der Waals surface area contributed by atoms with Crippen LogP contribution < -0.4 is 5.76 Å². The highest BCUT2D eigenvalue weighted by molar-refractivity contribution is 7.13. The molecule has 1 N–H and O–H groups in total. The molecule has 0 aliphatic rings. The first kappa shape index (κ1) is 9.98. The minimum atomic E-state index is -0.482. The van der Waals surface area contributed by atoms with E-state index in [0.717, 1.165) is 10.6 Å². The van der Waals surface area contributed by atoms with Crippen molar-refractivity contribution in [3.8, 4) is 10.6 Å². The maximum Gasteiger partial charge on any atom is 0.417 e. The summed E-state index contributed by atoms with van der Waals surface area (Å²) in [5.74, 6) is -0.482. The van der Waals surface area contributed by atoms with Crippen molar-refractivity contribution in [2.45, 2.75) is 0 Å². The van der Waals surface area contributed by atoms with Crippen molar-refractivity contribution in [3.05, 3.63) is 39.8 Å². The van der Waals surface area contributed by atoms with Gasteiger partial charge in [0.1, 0.15) is 10.7 Å². The zero-order valence-corrected chi connectivity index (χ0v) is 9.28. The molecular formula is C11H6N2O3S. The molecule has 0 spiro atoms. The molecular weight excluding hydrogens is 240 g/mol. The fraction of sp³-hybridized carbons (Fsp3) is 0. The van der Waals surface area contributed by atoms with E-state index < -0.39 is 5.76 Å². The highest BCUT2D eigenvalue weighted by atomic mass is 32.1. The van der Waals surface area contributed by atoms with E-state index in [0.29, 0.717) is 23.1 Å². The number of nitrogens with one attached hydrogen (secondary N) is 1. The zero-order chi connectivity index (χ0) is 11.8. The number of hydrogen-bond acceptors (Lipinski definition) is 5. The Morgan fingerprint density at radius 1 is 1.41 bits per heavy atom. The number of aromatic amines is 1. The Morgan fingerprint density at radius 2 is 2.29 bits per heavy atom. The predicted octanol–water partition coefficient (Wildman–Crippen LogP) is 2.06. The van der Waals surface area contributed by atoms with E-state index in [1.807, 2.05) is 6.07 Å². The lowest BCUT2D eigenvalue weighted by Gasteiger charge is -1.94. The van der Waals surface area contributed by atoms with Crippen LogP contribution in [0.4, 0.5) is 0 Å². The molecule has 0 saturated heterocycles. The highest BCUT2D eigenvalue weighted by Gasteiger charge is 2.07. The number of hydrogen-bond donors (Lipinski definition) is 1. The van der Waals surface area contributed by atoms with Gasteiger partial charge in [0, 0.05) is 10.9 Å². The van der Waals surface area contributed by atoms with Gasteiger partial charge in [-0.2, -0.15) is 0 Å². The van der Waals surface area contributed by atoms with Crippen LogP contribution in [0.25, 0.3) is 21.7 Å². The number of aldehydes is 1. The van der Waals surface area contributed by atoms with Gasteiger partial charge in [0.15, 0.2) is 11.9 Å². The summed E-state index contributed by atoms with van der Waals surface area (Å²) in [5.41, 5.74) is 2.35. The van der Waals surface area contributed by atoms with Crippen LogP contribution in [-0.4, -0.2) is 16.3 Å². The van der Waals surface area contributed by atoms with E-state index in [2.05, 4.69) is 9.97 Å². The van der Waals surface area contributed by atoms with Gasteiger partial charge in [-0.3, -0.25) is 9.78 Å². The van der Waals surface area contributed by atoms with E-state index in [9.17, 15) is 9.59 Å². The van der Waals surface area contributed by atoms with E-state index in [1.165, 1.54) is 11.3 Å². The van der Waals surface area contributed by atoms with Crippen LogP contribution in [0.5, 0.6) is 0 Å². The monoisotopic (exact) mass is 246 g/mol. The number of carbonyl (C=O) groups excluding carboxylic acids is 1. The summed E-state index contributed by atoms with van der Waals surface area (Å²) >= 11 is 1.37. The van der Waals surface area contributed by atoms with Crippen molar-refractivity contribution in [1.82, 2.24) is 9.97 Å². The number of oxazole rings is 1. The van der Waals surface area contributed by atoms with Gasteiger partial charge in [-0.05, 0) is 18.2 Å². The number of carbonyl (C=O) groups is 1. The first-order valence-corrected chi connectivity index (χ1v) is 5.68. The summed E-state index contributed by atoms with van der Waals surface area (Å²) in [7, 11) is 0. The molecule has 5 nitrogen and oxygen atoms in total. The molecule has 0 aliphatic heterocycles. The number of nitrogens with zero attached hydrogens (tertiary/aromatic N) is 1. The number of H-pyrrole nitrogens is 1. The van der Waals surface area contributed by atoms with E-state index in [-0.39, 0.29) is 0 Å². The average Bonchev–Trinajstić information content (AvgIpc) is 2.92. The van der Waals surface area contributed by atoms with Crippen LogP contribution in [0.1, 0.15) is 10.5 Å². The molecule has 0 unspecified atom stereocenters. The second-order valence-corrected chi connectivity index (χ2v) is 4.28. The molecule has 2 heterocycles. The Bertz CT molecular complexity index is 753. The van der Waals surface area contributed by atoms with Gasteiger partial charge in [0.25, 0.3) is 0 Å². The standard InChI is InChI=1S/C11H6N2O3S/c14-4-7-5-17-10(12-7)6-1-2-8-9(3-6)16-11(15)13-8/h1-5H,(H,13,15). The fourth-order valence-electron chi connectivity index (χ4n) is 1.55. The molecule has 2 aromatic heterocycles. The Kier molecular flexibility index (Phi) is 2.15. The lowest BCUT2D eigenvalue weighted by molar-refractivity contribution is 0.111. The van der Waals surface area contributed by atoms with Crippen molar-refractivity contribution >= 4 is 28.7 Å². The molecule has 84 valence electrons. The number of benzene rings is 1. The van der Waals surface area contributed by atoms with Gasteiger partial charge in [0.05, 0.1) is 5.52 Å². The normalized spacial score (nSPS) is 10.8. The van der Waals surface area contributed by atoms with Crippen molar-refractivity contribution in [1.29, 1.82) is 0 Å². The molecule has 0 fully saturated rings. The number of rotatable bonds is 2. The van der Waals surface area contributed by atoms with Crippen LogP contribution in [-0.2, 0) is 0 Å². The van der Waals surface area contributed by atoms with Crippen LogP contribution >= 0.6 is 11.3 Å². The van der Waals surface area contributed by atoms with Crippen molar-refractivity contribution in [3.63, 3.8) is 0 Å². The third-order valence-electron chi connectivity index (χ3n) is 2.31. The second kappa shape index (κ2) is 3.67. The Hall–Kier alpha value is -2.21. The van der Waals surface area contributed by atoms with Crippen LogP contribution in [0.15, 0.2) is 32.8 Å². The second-order valence-electron chi connectivity index (χ2n) is 3.42. The number of fused-ring (bicyclic) bond motifs is 1. The molecule has 0 saturated carbocycles. The molecule has 1 aromatic carbocycles. The topological polar surface area (TPSA) is 76.0 Å². The van der Waals surface area contributed by atoms with Gasteiger partial charge >= 0.3 is 5.76 Å². The van der Waals surface area contributed by atoms with Gasteiger partial charge in [0.2, 0.25) is 0 Å². The molecule has 0 amide bonds. The molecule has 0 atom stereocenters. The SMILES string of the molecule is O=Cc1csc(-c2ccc3[nH]c(=O)oc3c2)n1. The molecule has 0 bridgehead atoms. The summed E-state index contributed by atoms with van der Waals surface area (Å²) in [6.07, 6.45) is 0.703. The molecule has 3 aromatic rings. The maximum absolute atomic E-state index is 11.0. The number of thiazole rings is 1. The van der Waals surface area contributed by atoms with Gasteiger partial charge in [-0.25, -0.2) is 9.78 Å². The summed E-state index contributed by atoms with van der Waals surface area (Å²) in [6, 6.07) is 5.29. The lowest BCUT2D eigenvalue weighted by atomic mass is 10.2. The van der Waals surface area contributed by atoms with E-state index in [1.54, 1.807) is 17.5 Å². The minimum absolute atomic E-state index is 0.403. The van der Waals surface area contributed by atoms with Gasteiger partial charge in [-0.15, -0.1) is 11.3 Å². The van der Waals surface area contributed by atoms with Gasteiger partial charge in [-0.1, -0.05) is 0 Å². The molecule has 3 rings (SSSR count). The van der Waals surface area contributed by atoms with Crippen molar-refractivity contribution in [2.24, 2.45) is 0 Å².